The van der Waals surface area contributed by atoms with Gasteiger partial charge >= 0.3 is 0 Å². The van der Waals surface area contributed by atoms with Crippen molar-refractivity contribution >= 4 is 0 Å². The van der Waals surface area contributed by atoms with E-state index in [4.69, 9.17) is 0 Å². The van der Waals surface area contributed by atoms with E-state index < -0.39 is 11.3 Å². The van der Waals surface area contributed by atoms with Crippen LogP contribution in [-0.4, -0.2) is 30.5 Å². The summed E-state index contributed by atoms with van der Waals surface area (Å²) >= 11 is 0. The van der Waals surface area contributed by atoms with Crippen molar-refractivity contribution in [2.24, 2.45) is 11.3 Å². The van der Waals surface area contributed by atoms with Crippen LogP contribution in [0.1, 0.15) is 26.7 Å². The number of hydrogen-bond acceptors (Lipinski definition) is 1. The van der Waals surface area contributed by atoms with E-state index in [0.717, 1.165) is 13.1 Å². The standard InChI is InChI=1S/C10H17F2N/c1-8(2)5-13-4-3-9(7-13)6-10(9,11)12/h8H,3-7H2,1-2H3. The fourth-order valence-corrected chi connectivity index (χ4v) is 2.45. The van der Waals surface area contributed by atoms with Crippen LogP contribution in [0.4, 0.5) is 8.78 Å². The minimum atomic E-state index is -2.35. The number of alkyl halides is 2. The molecule has 76 valence electrons. The van der Waals surface area contributed by atoms with Crippen LogP contribution < -0.4 is 0 Å². The smallest absolute Gasteiger partial charge is 0.255 e. The molecule has 0 radical (unpaired) electrons. The van der Waals surface area contributed by atoms with E-state index in [1.165, 1.54) is 0 Å². The van der Waals surface area contributed by atoms with Gasteiger partial charge in [0.15, 0.2) is 0 Å². The van der Waals surface area contributed by atoms with E-state index in [9.17, 15) is 8.78 Å². The first kappa shape index (κ1) is 9.38. The highest BCUT2D eigenvalue weighted by Crippen LogP contribution is 2.64. The van der Waals surface area contributed by atoms with Crippen molar-refractivity contribution in [1.29, 1.82) is 0 Å². The molecule has 0 N–H and O–H groups in total. The summed E-state index contributed by atoms with van der Waals surface area (Å²) in [4.78, 5) is 2.19. The number of nitrogens with zero attached hydrogens (tertiary/aromatic N) is 1. The SMILES string of the molecule is CC(C)CN1CCC2(C1)CC2(F)F. The molecule has 13 heavy (non-hydrogen) atoms. The Bertz CT molecular complexity index is 215. The molecule has 0 bridgehead atoms. The Morgan fingerprint density at radius 2 is 2.00 bits per heavy atom. The number of rotatable bonds is 2. The molecule has 2 aliphatic rings. The van der Waals surface area contributed by atoms with Gasteiger partial charge in [0.2, 0.25) is 0 Å². The molecule has 1 saturated carbocycles. The predicted molar refractivity (Wildman–Crippen MR) is 47.9 cm³/mol. The van der Waals surface area contributed by atoms with E-state index >= 15 is 0 Å². The molecule has 1 unspecified atom stereocenters. The molecule has 0 aromatic heterocycles. The van der Waals surface area contributed by atoms with Gasteiger partial charge in [0, 0.05) is 19.5 Å². The zero-order chi connectivity index (χ0) is 9.69. The maximum Gasteiger partial charge on any atom is 0.255 e. The minimum absolute atomic E-state index is 0.134. The largest absolute Gasteiger partial charge is 0.302 e. The third-order valence-corrected chi connectivity index (χ3v) is 3.27. The van der Waals surface area contributed by atoms with Crippen LogP contribution in [0, 0.1) is 11.3 Å². The van der Waals surface area contributed by atoms with Crippen molar-refractivity contribution in [2.45, 2.75) is 32.6 Å². The van der Waals surface area contributed by atoms with E-state index in [0.29, 0.717) is 18.9 Å². The van der Waals surface area contributed by atoms with E-state index in [1.807, 2.05) is 0 Å². The molecule has 1 aliphatic heterocycles. The van der Waals surface area contributed by atoms with Crippen molar-refractivity contribution in [3.63, 3.8) is 0 Å². The molecule has 1 atom stereocenters. The molecule has 0 aromatic rings. The number of hydrogen-bond donors (Lipinski definition) is 0. The van der Waals surface area contributed by atoms with Gasteiger partial charge in [-0.3, -0.25) is 0 Å². The van der Waals surface area contributed by atoms with Crippen LogP contribution >= 0.6 is 0 Å². The lowest BCUT2D eigenvalue weighted by Gasteiger charge is -2.17. The molecule has 0 aromatic carbocycles. The third kappa shape index (κ3) is 1.47. The first-order chi connectivity index (χ1) is 5.95. The monoisotopic (exact) mass is 189 g/mol. The molecule has 1 nitrogen and oxygen atoms in total. The molecule has 3 heteroatoms. The first-order valence-electron chi connectivity index (χ1n) is 5.05. The summed E-state index contributed by atoms with van der Waals surface area (Å²) in [5.74, 6) is -1.76. The van der Waals surface area contributed by atoms with Gasteiger partial charge in [-0.1, -0.05) is 13.8 Å². The summed E-state index contributed by atoms with van der Waals surface area (Å²) in [6.07, 6.45) is 0.835. The highest BCUT2D eigenvalue weighted by Gasteiger charge is 2.72. The second-order valence-corrected chi connectivity index (χ2v) is 5.04. The second-order valence-electron chi connectivity index (χ2n) is 5.04. The number of likely N-dealkylation sites (tertiary alicyclic amines) is 1. The summed E-state index contributed by atoms with van der Waals surface area (Å²) in [5, 5.41) is 0. The quantitative estimate of drug-likeness (QED) is 0.644. The Labute approximate surface area is 78.1 Å². The Hall–Kier alpha value is -0.180. The minimum Gasteiger partial charge on any atom is -0.302 e. The summed E-state index contributed by atoms with van der Waals surface area (Å²) in [6.45, 7) is 6.73. The van der Waals surface area contributed by atoms with Gasteiger partial charge in [-0.15, -0.1) is 0 Å². The van der Waals surface area contributed by atoms with E-state index in [-0.39, 0.29) is 6.42 Å². The Morgan fingerprint density at radius 1 is 1.38 bits per heavy atom. The summed E-state index contributed by atoms with van der Waals surface area (Å²) < 4.78 is 26.0. The van der Waals surface area contributed by atoms with Crippen LogP contribution in [0.15, 0.2) is 0 Å². The topological polar surface area (TPSA) is 3.24 Å². The zero-order valence-electron chi connectivity index (χ0n) is 8.32. The molecule has 1 heterocycles. The molecular weight excluding hydrogens is 172 g/mol. The lowest BCUT2D eigenvalue weighted by molar-refractivity contribution is 0.0658. The van der Waals surface area contributed by atoms with E-state index in [1.54, 1.807) is 0 Å². The van der Waals surface area contributed by atoms with Crippen LogP contribution in [0.2, 0.25) is 0 Å². The van der Waals surface area contributed by atoms with Gasteiger partial charge in [-0.2, -0.15) is 0 Å². The van der Waals surface area contributed by atoms with Gasteiger partial charge in [0.1, 0.15) is 0 Å². The molecule has 2 rings (SSSR count). The van der Waals surface area contributed by atoms with Crippen LogP contribution in [-0.2, 0) is 0 Å². The van der Waals surface area contributed by atoms with Crippen LogP contribution in [0.3, 0.4) is 0 Å². The van der Waals surface area contributed by atoms with Crippen LogP contribution in [0.5, 0.6) is 0 Å². The molecule has 1 spiro atoms. The average Bonchev–Trinajstić information content (AvgIpc) is 2.38. The molecular formula is C10H17F2N. The maximum absolute atomic E-state index is 13.0. The summed E-state index contributed by atoms with van der Waals surface area (Å²) in [7, 11) is 0. The molecule has 1 saturated heterocycles. The van der Waals surface area contributed by atoms with Gasteiger partial charge < -0.3 is 4.90 Å². The van der Waals surface area contributed by atoms with Gasteiger partial charge in [-0.05, 0) is 18.9 Å². The van der Waals surface area contributed by atoms with Crippen molar-refractivity contribution in [1.82, 2.24) is 4.90 Å². The fraction of sp³-hybridized carbons (Fsp3) is 1.00. The normalized spacial score (nSPS) is 37.6. The fourth-order valence-electron chi connectivity index (χ4n) is 2.45. The van der Waals surface area contributed by atoms with Gasteiger partial charge in [-0.25, -0.2) is 8.78 Å². The van der Waals surface area contributed by atoms with Crippen molar-refractivity contribution in [2.75, 3.05) is 19.6 Å². The van der Waals surface area contributed by atoms with Gasteiger partial charge in [0.05, 0.1) is 5.41 Å². The van der Waals surface area contributed by atoms with Crippen molar-refractivity contribution < 1.29 is 8.78 Å². The average molecular weight is 189 g/mol. The third-order valence-electron chi connectivity index (χ3n) is 3.27. The number of halogens is 2. The lowest BCUT2D eigenvalue weighted by Crippen LogP contribution is -2.26. The summed E-state index contributed by atoms with van der Waals surface area (Å²) in [6, 6.07) is 0. The van der Waals surface area contributed by atoms with Crippen molar-refractivity contribution in [3.05, 3.63) is 0 Å². The van der Waals surface area contributed by atoms with Crippen LogP contribution in [0.25, 0.3) is 0 Å². The maximum atomic E-state index is 13.0. The van der Waals surface area contributed by atoms with E-state index in [2.05, 4.69) is 18.7 Å². The Kier molecular flexibility index (Phi) is 1.92. The Balaban J connectivity index is 1.89. The first-order valence-corrected chi connectivity index (χ1v) is 5.05. The second kappa shape index (κ2) is 2.66. The highest BCUT2D eigenvalue weighted by atomic mass is 19.3. The van der Waals surface area contributed by atoms with Crippen molar-refractivity contribution in [3.8, 4) is 0 Å². The Morgan fingerprint density at radius 3 is 2.38 bits per heavy atom. The van der Waals surface area contributed by atoms with Gasteiger partial charge in [0.25, 0.3) is 5.92 Å². The lowest BCUT2D eigenvalue weighted by atomic mass is 10.1. The zero-order valence-corrected chi connectivity index (χ0v) is 8.32. The molecule has 2 fully saturated rings. The molecule has 0 amide bonds. The summed E-state index contributed by atoms with van der Waals surface area (Å²) in [5.41, 5.74) is -0.609. The predicted octanol–water partition coefficient (Wildman–Crippen LogP) is 2.37. The molecule has 1 aliphatic carbocycles. The highest BCUT2D eigenvalue weighted by molar-refractivity contribution is 5.14.